The summed E-state index contributed by atoms with van der Waals surface area (Å²) < 4.78 is 8.30. The van der Waals surface area contributed by atoms with Crippen LogP contribution in [0.25, 0.3) is 11.0 Å². The molecule has 3 rings (SSSR count). The van der Waals surface area contributed by atoms with E-state index in [9.17, 15) is 4.79 Å². The molecule has 0 aliphatic rings. The molecule has 0 aliphatic carbocycles. The van der Waals surface area contributed by atoms with Crippen molar-refractivity contribution in [2.75, 3.05) is 13.2 Å². The van der Waals surface area contributed by atoms with Gasteiger partial charge in [0.05, 0.1) is 17.6 Å². The smallest absolute Gasteiger partial charge is 0.243 e. The molecule has 0 fully saturated rings. The fourth-order valence-electron chi connectivity index (χ4n) is 3.43. The van der Waals surface area contributed by atoms with Gasteiger partial charge in [-0.2, -0.15) is 0 Å². The Hall–Kier alpha value is -3.08. The number of aromatic nitrogens is 2. The van der Waals surface area contributed by atoms with Gasteiger partial charge in [0, 0.05) is 19.5 Å². The van der Waals surface area contributed by atoms with Crippen LogP contribution in [0.15, 0.2) is 61.2 Å². The molecule has 29 heavy (non-hydrogen) atoms. The second kappa shape index (κ2) is 9.92. The largest absolute Gasteiger partial charge is 0.493 e. The number of fused-ring (bicyclic) bond motifs is 1. The van der Waals surface area contributed by atoms with Crippen molar-refractivity contribution >= 4 is 16.9 Å². The first-order valence-corrected chi connectivity index (χ1v) is 10.2. The second-order valence-electron chi connectivity index (χ2n) is 7.31. The molecule has 0 saturated carbocycles. The number of benzene rings is 2. The Kier molecular flexibility index (Phi) is 7.06. The lowest BCUT2D eigenvalue weighted by Gasteiger charge is -2.14. The number of ether oxygens (including phenoxy) is 1. The molecular formula is C24H29N3O2. The maximum atomic E-state index is 11.4. The average Bonchev–Trinajstić information content (AvgIpc) is 3.08. The molecule has 1 N–H and O–H groups in total. The Bertz CT molecular complexity index is 975. The molecule has 5 heteroatoms. The van der Waals surface area contributed by atoms with E-state index < -0.39 is 0 Å². The molecule has 2 aromatic carbocycles. The number of hydrogen-bond donors (Lipinski definition) is 1. The topological polar surface area (TPSA) is 56.2 Å². The summed E-state index contributed by atoms with van der Waals surface area (Å²) in [7, 11) is 0. The summed E-state index contributed by atoms with van der Waals surface area (Å²) in [6.45, 7) is 9.83. The van der Waals surface area contributed by atoms with E-state index in [-0.39, 0.29) is 5.91 Å². The van der Waals surface area contributed by atoms with Gasteiger partial charge in [0.2, 0.25) is 5.91 Å². The minimum Gasteiger partial charge on any atom is -0.493 e. The Morgan fingerprint density at radius 1 is 1.21 bits per heavy atom. The summed E-state index contributed by atoms with van der Waals surface area (Å²) in [5.41, 5.74) is 3.32. The van der Waals surface area contributed by atoms with E-state index in [1.54, 1.807) is 0 Å². The van der Waals surface area contributed by atoms with Crippen molar-refractivity contribution in [1.82, 2.24) is 14.9 Å². The van der Waals surface area contributed by atoms with Crippen LogP contribution in [0.3, 0.4) is 0 Å². The quantitative estimate of drug-likeness (QED) is 0.410. The number of hydrogen-bond acceptors (Lipinski definition) is 3. The summed E-state index contributed by atoms with van der Waals surface area (Å²) in [6, 6.07) is 16.4. The molecule has 1 aromatic heterocycles. The highest BCUT2D eigenvalue weighted by Gasteiger charge is 2.11. The van der Waals surface area contributed by atoms with E-state index in [2.05, 4.69) is 48.5 Å². The van der Waals surface area contributed by atoms with Crippen molar-refractivity contribution in [2.24, 2.45) is 0 Å². The van der Waals surface area contributed by atoms with Crippen LogP contribution in [0.5, 0.6) is 5.75 Å². The molecule has 0 saturated heterocycles. The molecule has 0 bridgehead atoms. The molecule has 1 heterocycles. The Labute approximate surface area is 172 Å². The van der Waals surface area contributed by atoms with Crippen LogP contribution in [0, 0.1) is 0 Å². The number of amides is 1. The highest BCUT2D eigenvalue weighted by molar-refractivity contribution is 5.86. The van der Waals surface area contributed by atoms with Crippen LogP contribution in [0.4, 0.5) is 0 Å². The van der Waals surface area contributed by atoms with E-state index >= 15 is 0 Å². The van der Waals surface area contributed by atoms with Gasteiger partial charge < -0.3 is 14.6 Å². The summed E-state index contributed by atoms with van der Waals surface area (Å²) >= 11 is 0. The van der Waals surface area contributed by atoms with E-state index in [1.807, 2.05) is 30.3 Å². The lowest BCUT2D eigenvalue weighted by molar-refractivity contribution is -0.116. The van der Waals surface area contributed by atoms with Gasteiger partial charge in [0.25, 0.3) is 0 Å². The monoisotopic (exact) mass is 391 g/mol. The van der Waals surface area contributed by atoms with E-state index in [0.717, 1.165) is 35.6 Å². The van der Waals surface area contributed by atoms with Crippen molar-refractivity contribution in [3.05, 3.63) is 72.6 Å². The minimum absolute atomic E-state index is 0.162. The van der Waals surface area contributed by atoms with Gasteiger partial charge in [-0.1, -0.05) is 50.8 Å². The van der Waals surface area contributed by atoms with Gasteiger partial charge in [-0.15, -0.1) is 0 Å². The lowest BCUT2D eigenvalue weighted by Crippen LogP contribution is -2.24. The third kappa shape index (κ3) is 5.25. The first-order chi connectivity index (χ1) is 14.1. The molecule has 0 spiro atoms. The standard InChI is InChI=1S/C24H29N3O2/c1-4-24(28)25-15-14-23-26-20-11-6-7-12-21(20)27(23)16-9-17-29-22-13-8-5-10-19(22)18(2)3/h4-8,10-13,18H,1,9,14-17H2,2-3H3,(H,25,28). The number of imidazole rings is 1. The molecule has 0 unspecified atom stereocenters. The maximum absolute atomic E-state index is 11.4. The van der Waals surface area contributed by atoms with Gasteiger partial charge >= 0.3 is 0 Å². The Morgan fingerprint density at radius 2 is 1.97 bits per heavy atom. The molecule has 0 aliphatic heterocycles. The van der Waals surface area contributed by atoms with E-state index in [0.29, 0.717) is 25.5 Å². The third-order valence-corrected chi connectivity index (χ3v) is 4.89. The first kappa shape index (κ1) is 20.6. The fraction of sp³-hybridized carbons (Fsp3) is 0.333. The van der Waals surface area contributed by atoms with Crippen molar-refractivity contribution < 1.29 is 9.53 Å². The molecule has 3 aromatic rings. The predicted octanol–water partition coefficient (Wildman–Crippen LogP) is 4.47. The van der Waals surface area contributed by atoms with Crippen molar-refractivity contribution in [2.45, 2.75) is 39.2 Å². The highest BCUT2D eigenvalue weighted by atomic mass is 16.5. The number of para-hydroxylation sites is 3. The van der Waals surface area contributed by atoms with Gasteiger partial charge in [-0.3, -0.25) is 4.79 Å². The molecule has 1 amide bonds. The van der Waals surface area contributed by atoms with Crippen LogP contribution in [-0.4, -0.2) is 28.6 Å². The van der Waals surface area contributed by atoms with Crippen LogP contribution < -0.4 is 10.1 Å². The van der Waals surface area contributed by atoms with Gasteiger partial charge in [0.15, 0.2) is 0 Å². The normalized spacial score (nSPS) is 11.0. The summed E-state index contributed by atoms with van der Waals surface area (Å²) in [5, 5.41) is 2.82. The summed E-state index contributed by atoms with van der Waals surface area (Å²) in [5.74, 6) is 2.20. The number of nitrogens with zero attached hydrogens (tertiary/aromatic N) is 2. The average molecular weight is 392 g/mol. The maximum Gasteiger partial charge on any atom is 0.243 e. The SMILES string of the molecule is C=CC(=O)NCCc1nc2ccccc2n1CCCOc1ccccc1C(C)C. The summed E-state index contributed by atoms with van der Waals surface area (Å²) in [4.78, 5) is 16.2. The zero-order chi connectivity index (χ0) is 20.6. The summed E-state index contributed by atoms with van der Waals surface area (Å²) in [6.07, 6.45) is 2.83. The predicted molar refractivity (Wildman–Crippen MR) is 117 cm³/mol. The van der Waals surface area contributed by atoms with E-state index in [4.69, 9.17) is 9.72 Å². The number of carbonyl (C=O) groups excluding carboxylic acids is 1. The van der Waals surface area contributed by atoms with Gasteiger partial charge in [-0.05, 0) is 42.2 Å². The fourth-order valence-corrected chi connectivity index (χ4v) is 3.43. The van der Waals surface area contributed by atoms with Crippen molar-refractivity contribution in [1.29, 1.82) is 0 Å². The van der Waals surface area contributed by atoms with Crippen LogP contribution in [-0.2, 0) is 17.8 Å². The van der Waals surface area contributed by atoms with Crippen molar-refractivity contribution in [3.8, 4) is 5.75 Å². The molecule has 0 radical (unpaired) electrons. The van der Waals surface area contributed by atoms with Gasteiger partial charge in [0.1, 0.15) is 11.6 Å². The third-order valence-electron chi connectivity index (χ3n) is 4.89. The zero-order valence-electron chi connectivity index (χ0n) is 17.2. The van der Waals surface area contributed by atoms with E-state index in [1.165, 1.54) is 11.6 Å². The van der Waals surface area contributed by atoms with Crippen LogP contribution in [0.1, 0.15) is 37.6 Å². The highest BCUT2D eigenvalue weighted by Crippen LogP contribution is 2.26. The number of aryl methyl sites for hydroxylation is 1. The molecular weight excluding hydrogens is 362 g/mol. The molecule has 5 nitrogen and oxygen atoms in total. The minimum atomic E-state index is -0.162. The Balaban J connectivity index is 1.65. The van der Waals surface area contributed by atoms with Crippen LogP contribution in [0.2, 0.25) is 0 Å². The Morgan fingerprint density at radius 3 is 2.76 bits per heavy atom. The second-order valence-corrected chi connectivity index (χ2v) is 7.31. The number of rotatable bonds is 10. The molecule has 152 valence electrons. The molecule has 0 atom stereocenters. The lowest BCUT2D eigenvalue weighted by atomic mass is 10.0. The first-order valence-electron chi connectivity index (χ1n) is 10.2. The number of carbonyl (C=O) groups is 1. The van der Waals surface area contributed by atoms with Crippen molar-refractivity contribution in [3.63, 3.8) is 0 Å². The zero-order valence-corrected chi connectivity index (χ0v) is 17.2. The van der Waals surface area contributed by atoms with Crippen LogP contribution >= 0.6 is 0 Å². The number of nitrogens with one attached hydrogen (secondary N) is 1. The van der Waals surface area contributed by atoms with Gasteiger partial charge in [-0.25, -0.2) is 4.98 Å².